The van der Waals surface area contributed by atoms with Crippen molar-refractivity contribution in [2.45, 2.75) is 213 Å². The molecule has 52 heavy (non-hydrogen) atoms. The maximum absolute atomic E-state index is 12.7. The number of hydrogen-bond donors (Lipinski definition) is 1. The number of carbonyl (C=O) groups is 1. The van der Waals surface area contributed by atoms with Gasteiger partial charge in [0.15, 0.2) is 0 Å². The molecule has 9 heteroatoms. The van der Waals surface area contributed by atoms with Gasteiger partial charge in [0.2, 0.25) is 0 Å². The monoisotopic (exact) mass is 763 g/mol. The third-order valence-electron chi connectivity index (χ3n) is 9.98. The summed E-state index contributed by atoms with van der Waals surface area (Å²) in [5.74, 6) is 0.0821. The summed E-state index contributed by atoms with van der Waals surface area (Å²) in [5.41, 5.74) is 0. The van der Waals surface area contributed by atoms with Crippen molar-refractivity contribution in [2.75, 3.05) is 54.1 Å². The molecule has 0 aliphatic rings. The van der Waals surface area contributed by atoms with Crippen molar-refractivity contribution >= 4 is 13.8 Å². The van der Waals surface area contributed by atoms with Crippen molar-refractivity contribution in [1.29, 1.82) is 0 Å². The van der Waals surface area contributed by atoms with Crippen LogP contribution in [0.2, 0.25) is 0 Å². The fraction of sp³-hybridized carbons (Fsp3) is 0.977. The van der Waals surface area contributed by atoms with Crippen molar-refractivity contribution in [3.8, 4) is 0 Å². The lowest BCUT2D eigenvalue weighted by molar-refractivity contribution is -0.870. The predicted octanol–water partition coefficient (Wildman–Crippen LogP) is 12.7. The van der Waals surface area contributed by atoms with Crippen LogP contribution in [0.3, 0.4) is 0 Å². The van der Waals surface area contributed by atoms with Crippen molar-refractivity contribution in [3.63, 3.8) is 0 Å². The molecule has 2 unspecified atom stereocenters. The first-order chi connectivity index (χ1) is 25.0. The minimum absolute atomic E-state index is 0.0913. The van der Waals surface area contributed by atoms with Gasteiger partial charge in [0, 0.05) is 13.0 Å². The summed E-state index contributed by atoms with van der Waals surface area (Å²) in [7, 11) is 1.68. The average molecular weight is 763 g/mol. The Labute approximate surface area is 323 Å². The molecule has 0 spiro atoms. The van der Waals surface area contributed by atoms with Crippen LogP contribution in [-0.4, -0.2) is 75.6 Å². The number of unbranched alkanes of at least 4 members (excludes halogenated alkanes) is 25. The van der Waals surface area contributed by atoms with Gasteiger partial charge in [-0.2, -0.15) is 0 Å². The van der Waals surface area contributed by atoms with Gasteiger partial charge in [0.1, 0.15) is 19.3 Å². The minimum atomic E-state index is -4.27. The molecule has 312 valence electrons. The molecule has 8 nitrogen and oxygen atoms in total. The number of quaternary nitrogens is 1. The van der Waals surface area contributed by atoms with E-state index in [0.29, 0.717) is 30.0 Å². The number of carbonyl (C=O) groups excluding carboxylic acids is 1. The van der Waals surface area contributed by atoms with Gasteiger partial charge in [-0.05, 0) is 18.8 Å². The van der Waals surface area contributed by atoms with Crippen LogP contribution in [0.25, 0.3) is 0 Å². The van der Waals surface area contributed by atoms with Gasteiger partial charge in [-0.15, -0.1) is 0 Å². The van der Waals surface area contributed by atoms with Gasteiger partial charge in [0.25, 0.3) is 0 Å². The molecule has 0 amide bonds. The Hall–Kier alpha value is -0.500. The molecule has 0 aliphatic heterocycles. The number of hydrogen-bond acceptors (Lipinski definition) is 6. The SMILES string of the molecule is CCCCCCCCCCCCCCCCCC(=O)O[C@H](COCC(C)CCCCCCCCCCCCCC)COP(=O)(O)OCC[N+](C)(C)C. The summed E-state index contributed by atoms with van der Waals surface area (Å²) in [4.78, 5) is 23.0. The average Bonchev–Trinajstić information content (AvgIpc) is 3.08. The molecule has 0 aliphatic carbocycles. The van der Waals surface area contributed by atoms with E-state index in [0.717, 1.165) is 25.7 Å². The Morgan fingerprint density at radius 3 is 1.40 bits per heavy atom. The molecule has 0 fully saturated rings. The molecule has 0 radical (unpaired) electrons. The highest BCUT2D eigenvalue weighted by molar-refractivity contribution is 7.47. The van der Waals surface area contributed by atoms with E-state index in [4.69, 9.17) is 18.5 Å². The number of likely N-dealkylation sites (N-methyl/N-ethyl adjacent to an activating group) is 1. The van der Waals surface area contributed by atoms with Crippen molar-refractivity contribution < 1.29 is 37.3 Å². The number of phosphoric acid groups is 1. The zero-order valence-electron chi connectivity index (χ0n) is 35.5. The summed E-state index contributed by atoms with van der Waals surface area (Å²) >= 11 is 0. The zero-order valence-corrected chi connectivity index (χ0v) is 36.4. The van der Waals surface area contributed by atoms with E-state index in [1.807, 2.05) is 21.1 Å². The number of esters is 1. The first-order valence-corrected chi connectivity index (χ1v) is 23.7. The van der Waals surface area contributed by atoms with Crippen LogP contribution in [0.1, 0.15) is 207 Å². The Morgan fingerprint density at radius 2 is 0.981 bits per heavy atom. The summed E-state index contributed by atoms with van der Waals surface area (Å²) in [5, 5.41) is 0. The predicted molar refractivity (Wildman–Crippen MR) is 220 cm³/mol. The highest BCUT2D eigenvalue weighted by Crippen LogP contribution is 2.43. The first-order valence-electron chi connectivity index (χ1n) is 22.2. The van der Waals surface area contributed by atoms with Crippen LogP contribution in [0.15, 0.2) is 0 Å². The molecule has 0 rings (SSSR count). The minimum Gasteiger partial charge on any atom is -0.457 e. The topological polar surface area (TPSA) is 91.3 Å². The molecule has 0 aromatic rings. The highest BCUT2D eigenvalue weighted by Gasteiger charge is 2.26. The summed E-state index contributed by atoms with van der Waals surface area (Å²) < 4.78 is 35.2. The molecular formula is C43H89NO7P+. The van der Waals surface area contributed by atoms with E-state index < -0.39 is 13.9 Å². The second-order valence-corrected chi connectivity index (χ2v) is 18.2. The molecule has 0 saturated carbocycles. The van der Waals surface area contributed by atoms with Crippen LogP contribution in [0, 0.1) is 5.92 Å². The Kier molecular flexibility index (Phi) is 35.8. The molecule has 3 atom stereocenters. The van der Waals surface area contributed by atoms with Gasteiger partial charge in [0.05, 0.1) is 34.4 Å². The van der Waals surface area contributed by atoms with E-state index in [1.165, 1.54) is 154 Å². The fourth-order valence-electron chi connectivity index (χ4n) is 6.46. The number of phosphoric ester groups is 1. The third kappa shape index (κ3) is 39.2. The van der Waals surface area contributed by atoms with E-state index in [2.05, 4.69) is 20.8 Å². The number of rotatable bonds is 41. The van der Waals surface area contributed by atoms with Crippen molar-refractivity contribution in [1.82, 2.24) is 0 Å². The first kappa shape index (κ1) is 51.5. The fourth-order valence-corrected chi connectivity index (χ4v) is 7.21. The quantitative estimate of drug-likeness (QED) is 0.0287. The zero-order chi connectivity index (χ0) is 38.6. The van der Waals surface area contributed by atoms with Crippen LogP contribution >= 0.6 is 7.82 Å². The smallest absolute Gasteiger partial charge is 0.457 e. The Morgan fingerprint density at radius 1 is 0.577 bits per heavy atom. The summed E-state index contributed by atoms with van der Waals surface area (Å²) in [6, 6.07) is 0. The molecule has 0 aromatic carbocycles. The van der Waals surface area contributed by atoms with Crippen LogP contribution in [0.5, 0.6) is 0 Å². The lowest BCUT2D eigenvalue weighted by Crippen LogP contribution is -2.37. The Bertz CT molecular complexity index is 822. The van der Waals surface area contributed by atoms with Crippen LogP contribution in [0.4, 0.5) is 0 Å². The number of ether oxygens (including phenoxy) is 2. The van der Waals surface area contributed by atoms with Crippen molar-refractivity contribution in [3.05, 3.63) is 0 Å². The van der Waals surface area contributed by atoms with Gasteiger partial charge < -0.3 is 18.9 Å². The van der Waals surface area contributed by atoms with Gasteiger partial charge in [-0.25, -0.2) is 4.57 Å². The molecule has 0 aromatic heterocycles. The van der Waals surface area contributed by atoms with Crippen molar-refractivity contribution in [2.24, 2.45) is 5.92 Å². The van der Waals surface area contributed by atoms with Crippen LogP contribution in [-0.2, 0) is 27.9 Å². The lowest BCUT2D eigenvalue weighted by atomic mass is 10.0. The third-order valence-corrected chi connectivity index (χ3v) is 11.0. The maximum Gasteiger partial charge on any atom is 0.472 e. The van der Waals surface area contributed by atoms with Gasteiger partial charge in [-0.3, -0.25) is 13.8 Å². The largest absolute Gasteiger partial charge is 0.472 e. The standard InChI is InChI=1S/C43H88NO7P/c1-7-9-11-13-15-17-19-21-22-23-25-27-29-31-33-35-43(45)51-42(40-50-52(46,47)49-37-36-44(4,5)6)39-48-38-41(3)34-32-30-28-26-24-20-18-16-14-12-10-8-2/h41-42H,7-40H2,1-6H3/p+1/t41?,42-/m1/s1. The van der Waals surface area contributed by atoms with E-state index in [1.54, 1.807) is 0 Å². The normalized spacial score (nSPS) is 14.4. The number of nitrogens with zero attached hydrogens (tertiary/aromatic N) is 1. The van der Waals surface area contributed by atoms with E-state index in [9.17, 15) is 14.3 Å². The molecule has 0 bridgehead atoms. The molecular weight excluding hydrogens is 673 g/mol. The van der Waals surface area contributed by atoms with E-state index >= 15 is 0 Å². The van der Waals surface area contributed by atoms with E-state index in [-0.39, 0.29) is 25.8 Å². The molecule has 0 saturated heterocycles. The highest BCUT2D eigenvalue weighted by atomic mass is 31.2. The second kappa shape index (κ2) is 36.2. The summed E-state index contributed by atoms with van der Waals surface area (Å²) in [6.45, 7) is 7.83. The molecule has 0 heterocycles. The van der Waals surface area contributed by atoms with Gasteiger partial charge >= 0.3 is 13.8 Å². The summed E-state index contributed by atoms with van der Waals surface area (Å²) in [6.07, 6.45) is 35.9. The second-order valence-electron chi connectivity index (χ2n) is 16.7. The van der Waals surface area contributed by atoms with Crippen LogP contribution < -0.4 is 0 Å². The Balaban J connectivity index is 4.31. The van der Waals surface area contributed by atoms with Gasteiger partial charge in [-0.1, -0.05) is 188 Å². The lowest BCUT2D eigenvalue weighted by Gasteiger charge is -2.24. The maximum atomic E-state index is 12.7. The molecule has 1 N–H and O–H groups in total.